The van der Waals surface area contributed by atoms with Gasteiger partial charge in [-0.05, 0) is 60.4 Å². The van der Waals surface area contributed by atoms with Gasteiger partial charge in [0.05, 0.1) is 0 Å². The van der Waals surface area contributed by atoms with Crippen LogP contribution in [-0.4, -0.2) is 11.2 Å². The normalized spacial score (nSPS) is 10.3. The fraction of sp³-hybridized carbons (Fsp3) is 0.105. The zero-order valence-electron chi connectivity index (χ0n) is 12.8. The van der Waals surface area contributed by atoms with Crippen LogP contribution in [0, 0.1) is 0 Å². The largest absolute Gasteiger partial charge is 0.489 e. The zero-order chi connectivity index (χ0) is 15.9. The molecule has 0 bridgehead atoms. The van der Waals surface area contributed by atoms with Crippen LogP contribution in [0.2, 0.25) is 0 Å². The van der Waals surface area contributed by atoms with Gasteiger partial charge >= 0.3 is 0 Å². The monoisotopic (exact) mass is 323 g/mol. The van der Waals surface area contributed by atoms with Crippen molar-refractivity contribution in [2.24, 2.45) is 0 Å². The Morgan fingerprint density at radius 1 is 0.870 bits per heavy atom. The summed E-state index contributed by atoms with van der Waals surface area (Å²) < 4.78 is 11.7. The summed E-state index contributed by atoms with van der Waals surface area (Å²) in [6.45, 7) is 0.508. The number of pyridine rings is 1. The van der Waals surface area contributed by atoms with Crippen molar-refractivity contribution in [3.63, 3.8) is 0 Å². The number of rotatable bonds is 6. The molecule has 1 heterocycles. The van der Waals surface area contributed by atoms with Crippen molar-refractivity contribution in [1.82, 2.24) is 4.98 Å². The quantitative estimate of drug-likeness (QED) is 0.585. The molecule has 0 aliphatic rings. The summed E-state index contributed by atoms with van der Waals surface area (Å²) >= 11 is 1.71. The third-order valence-corrected chi connectivity index (χ3v) is 4.00. The van der Waals surface area contributed by atoms with Gasteiger partial charge in [0.25, 0.3) is 0 Å². The van der Waals surface area contributed by atoms with E-state index in [1.807, 2.05) is 60.7 Å². The van der Waals surface area contributed by atoms with E-state index in [-0.39, 0.29) is 0 Å². The molecule has 23 heavy (non-hydrogen) atoms. The Hall–Kier alpha value is -2.46. The van der Waals surface area contributed by atoms with Gasteiger partial charge < -0.3 is 9.47 Å². The molecule has 0 saturated heterocycles. The minimum atomic E-state index is 0.508. The van der Waals surface area contributed by atoms with Crippen molar-refractivity contribution in [2.45, 2.75) is 11.5 Å². The van der Waals surface area contributed by atoms with Gasteiger partial charge in [0, 0.05) is 23.4 Å². The Balaban J connectivity index is 1.64. The summed E-state index contributed by atoms with van der Waals surface area (Å²) in [6, 6.07) is 19.6. The summed E-state index contributed by atoms with van der Waals surface area (Å²) in [5.74, 6) is 2.35. The second kappa shape index (κ2) is 7.70. The number of benzene rings is 2. The molecular weight excluding hydrogens is 306 g/mol. The van der Waals surface area contributed by atoms with Gasteiger partial charge in [-0.1, -0.05) is 6.07 Å². The lowest BCUT2D eigenvalue weighted by atomic mass is 10.3. The Kier molecular flexibility index (Phi) is 5.17. The van der Waals surface area contributed by atoms with Crippen LogP contribution < -0.4 is 9.47 Å². The van der Waals surface area contributed by atoms with Crippen molar-refractivity contribution in [2.75, 3.05) is 6.26 Å². The lowest BCUT2D eigenvalue weighted by Crippen LogP contribution is -1.95. The fourth-order valence-electron chi connectivity index (χ4n) is 2.05. The van der Waals surface area contributed by atoms with E-state index in [1.54, 1.807) is 24.2 Å². The van der Waals surface area contributed by atoms with E-state index in [4.69, 9.17) is 9.47 Å². The molecule has 0 saturated carbocycles. The second-order valence-electron chi connectivity index (χ2n) is 4.90. The van der Waals surface area contributed by atoms with E-state index in [9.17, 15) is 0 Å². The molecule has 0 aliphatic heterocycles. The highest BCUT2D eigenvalue weighted by molar-refractivity contribution is 7.98. The van der Waals surface area contributed by atoms with Crippen LogP contribution in [0.15, 0.2) is 78.0 Å². The van der Waals surface area contributed by atoms with Crippen molar-refractivity contribution < 1.29 is 9.47 Å². The highest BCUT2D eigenvalue weighted by atomic mass is 32.2. The third kappa shape index (κ3) is 4.50. The van der Waals surface area contributed by atoms with Crippen LogP contribution in [0.25, 0.3) is 0 Å². The maximum atomic E-state index is 5.87. The second-order valence-corrected chi connectivity index (χ2v) is 5.78. The fourth-order valence-corrected chi connectivity index (χ4v) is 2.46. The molecule has 0 spiro atoms. The molecule has 3 rings (SSSR count). The molecule has 116 valence electrons. The summed E-state index contributed by atoms with van der Waals surface area (Å²) in [5, 5.41) is 0. The number of ether oxygens (including phenoxy) is 2. The van der Waals surface area contributed by atoms with E-state index in [1.165, 1.54) is 4.90 Å². The molecule has 3 nitrogen and oxygen atoms in total. The van der Waals surface area contributed by atoms with E-state index < -0.39 is 0 Å². The number of hydrogen-bond acceptors (Lipinski definition) is 4. The molecule has 0 fully saturated rings. The standard InChI is InChI=1S/C19H17NO2S/c1-23-19-7-5-16(6-8-19)22-18-4-2-3-17(13-18)21-14-15-9-11-20-12-10-15/h2-13H,14H2,1H3. The average molecular weight is 323 g/mol. The van der Waals surface area contributed by atoms with Crippen molar-refractivity contribution >= 4 is 11.8 Å². The SMILES string of the molecule is CSc1ccc(Oc2cccc(OCc3ccncc3)c2)cc1. The van der Waals surface area contributed by atoms with Crippen LogP contribution in [0.5, 0.6) is 17.2 Å². The van der Waals surface area contributed by atoms with Crippen LogP contribution in [0.1, 0.15) is 5.56 Å². The molecule has 3 aromatic rings. The van der Waals surface area contributed by atoms with Gasteiger partial charge in [0.1, 0.15) is 23.9 Å². The van der Waals surface area contributed by atoms with Gasteiger partial charge in [-0.15, -0.1) is 11.8 Å². The van der Waals surface area contributed by atoms with Crippen molar-refractivity contribution in [3.05, 3.63) is 78.6 Å². The molecule has 2 aromatic carbocycles. The first-order valence-electron chi connectivity index (χ1n) is 7.27. The summed E-state index contributed by atoms with van der Waals surface area (Å²) in [4.78, 5) is 5.21. The molecule has 1 aromatic heterocycles. The molecule has 0 amide bonds. The van der Waals surface area contributed by atoms with E-state index in [2.05, 4.69) is 11.2 Å². The Labute approximate surface area is 140 Å². The van der Waals surface area contributed by atoms with Gasteiger partial charge in [-0.3, -0.25) is 4.98 Å². The zero-order valence-corrected chi connectivity index (χ0v) is 13.6. The third-order valence-electron chi connectivity index (χ3n) is 3.26. The summed E-state index contributed by atoms with van der Waals surface area (Å²) in [6.07, 6.45) is 5.58. The molecule has 0 unspecified atom stereocenters. The molecular formula is C19H17NO2S. The Bertz CT molecular complexity index is 745. The van der Waals surface area contributed by atoms with Gasteiger partial charge in [0.15, 0.2) is 0 Å². The number of nitrogens with zero attached hydrogens (tertiary/aromatic N) is 1. The molecule has 0 radical (unpaired) electrons. The summed E-state index contributed by atoms with van der Waals surface area (Å²) in [5.41, 5.74) is 1.08. The Morgan fingerprint density at radius 3 is 2.35 bits per heavy atom. The average Bonchev–Trinajstić information content (AvgIpc) is 2.62. The predicted octanol–water partition coefficient (Wildman–Crippen LogP) is 5.17. The lowest BCUT2D eigenvalue weighted by molar-refractivity contribution is 0.304. The Morgan fingerprint density at radius 2 is 1.61 bits per heavy atom. The van der Waals surface area contributed by atoms with Crippen LogP contribution in [-0.2, 0) is 6.61 Å². The van der Waals surface area contributed by atoms with Crippen LogP contribution >= 0.6 is 11.8 Å². The number of hydrogen-bond donors (Lipinski definition) is 0. The van der Waals surface area contributed by atoms with E-state index >= 15 is 0 Å². The van der Waals surface area contributed by atoms with Crippen molar-refractivity contribution in [1.29, 1.82) is 0 Å². The first kappa shape index (κ1) is 15.4. The first-order valence-corrected chi connectivity index (χ1v) is 8.49. The van der Waals surface area contributed by atoms with Gasteiger partial charge in [-0.2, -0.15) is 0 Å². The highest BCUT2D eigenvalue weighted by Crippen LogP contribution is 2.27. The maximum Gasteiger partial charge on any atom is 0.131 e. The number of aromatic nitrogens is 1. The van der Waals surface area contributed by atoms with Crippen molar-refractivity contribution in [3.8, 4) is 17.2 Å². The highest BCUT2D eigenvalue weighted by Gasteiger charge is 2.01. The van der Waals surface area contributed by atoms with Gasteiger partial charge in [0.2, 0.25) is 0 Å². The smallest absolute Gasteiger partial charge is 0.131 e. The minimum absolute atomic E-state index is 0.508. The van der Waals surface area contributed by atoms with E-state index in [0.29, 0.717) is 6.61 Å². The van der Waals surface area contributed by atoms with Crippen LogP contribution in [0.3, 0.4) is 0 Å². The van der Waals surface area contributed by atoms with E-state index in [0.717, 1.165) is 22.8 Å². The number of thioether (sulfide) groups is 1. The topological polar surface area (TPSA) is 31.4 Å². The minimum Gasteiger partial charge on any atom is -0.489 e. The molecule has 4 heteroatoms. The molecule has 0 atom stereocenters. The first-order chi connectivity index (χ1) is 11.3. The van der Waals surface area contributed by atoms with Gasteiger partial charge in [-0.25, -0.2) is 0 Å². The predicted molar refractivity (Wildman–Crippen MR) is 93.3 cm³/mol. The molecule has 0 aliphatic carbocycles. The summed E-state index contributed by atoms with van der Waals surface area (Å²) in [7, 11) is 0. The molecule has 0 N–H and O–H groups in total. The maximum absolute atomic E-state index is 5.87. The van der Waals surface area contributed by atoms with Crippen LogP contribution in [0.4, 0.5) is 0 Å². The lowest BCUT2D eigenvalue weighted by Gasteiger charge is -2.09.